The third-order valence-electron chi connectivity index (χ3n) is 3.05. The van der Waals surface area contributed by atoms with Crippen molar-refractivity contribution in [2.45, 2.75) is 13.8 Å². The summed E-state index contributed by atoms with van der Waals surface area (Å²) < 4.78 is 6.49. The lowest BCUT2D eigenvalue weighted by molar-refractivity contribution is 0.0519. The highest BCUT2D eigenvalue weighted by molar-refractivity contribution is 5.89. The Morgan fingerprint density at radius 3 is 2.95 bits per heavy atom. The summed E-state index contributed by atoms with van der Waals surface area (Å²) in [4.78, 5) is 16.1. The largest absolute Gasteiger partial charge is 0.461 e. The zero-order valence-corrected chi connectivity index (χ0v) is 11.8. The second-order valence-corrected chi connectivity index (χ2v) is 4.57. The number of aromatic nitrogens is 4. The first-order chi connectivity index (χ1) is 10.2. The molecule has 1 aromatic carbocycles. The fourth-order valence-electron chi connectivity index (χ4n) is 2.16. The molecular formula is C15H14N4O2. The molecule has 0 radical (unpaired) electrons. The molecule has 0 fully saturated rings. The molecular weight excluding hydrogens is 268 g/mol. The van der Waals surface area contributed by atoms with Crippen LogP contribution in [0, 0.1) is 6.92 Å². The van der Waals surface area contributed by atoms with Gasteiger partial charge in [-0.1, -0.05) is 23.4 Å². The number of hydrogen-bond donors (Lipinski definition) is 0. The summed E-state index contributed by atoms with van der Waals surface area (Å²) in [5.41, 5.74) is 2.77. The van der Waals surface area contributed by atoms with Crippen LogP contribution in [0.1, 0.15) is 23.1 Å². The van der Waals surface area contributed by atoms with E-state index in [1.807, 2.05) is 37.3 Å². The van der Waals surface area contributed by atoms with Crippen molar-refractivity contribution in [2.75, 3.05) is 6.61 Å². The van der Waals surface area contributed by atoms with Crippen LogP contribution < -0.4 is 0 Å². The van der Waals surface area contributed by atoms with E-state index in [0.29, 0.717) is 6.61 Å². The maximum absolute atomic E-state index is 11.7. The molecule has 6 heteroatoms. The van der Waals surface area contributed by atoms with Crippen LogP contribution in [0.2, 0.25) is 0 Å². The minimum absolute atomic E-state index is 0.190. The molecule has 2 heterocycles. The van der Waals surface area contributed by atoms with Crippen LogP contribution in [-0.4, -0.2) is 32.6 Å². The summed E-state index contributed by atoms with van der Waals surface area (Å²) >= 11 is 0. The highest BCUT2D eigenvalue weighted by Gasteiger charge is 2.14. The van der Waals surface area contributed by atoms with Gasteiger partial charge in [-0.15, -0.1) is 5.10 Å². The Balaban J connectivity index is 2.10. The lowest BCUT2D eigenvalue weighted by Crippen LogP contribution is -2.04. The Hall–Kier alpha value is -2.76. The summed E-state index contributed by atoms with van der Waals surface area (Å²) in [6.45, 7) is 3.98. The van der Waals surface area contributed by atoms with Crippen molar-refractivity contribution in [2.24, 2.45) is 0 Å². The SMILES string of the molecule is CCOC(=O)c1cn(-c2cc(C)nc3ccccc23)nn1. The van der Waals surface area contributed by atoms with Gasteiger partial charge < -0.3 is 4.74 Å². The zero-order valence-electron chi connectivity index (χ0n) is 11.8. The summed E-state index contributed by atoms with van der Waals surface area (Å²) in [5.74, 6) is -0.473. The highest BCUT2D eigenvalue weighted by Crippen LogP contribution is 2.21. The second kappa shape index (κ2) is 5.32. The molecule has 0 saturated carbocycles. The first kappa shape index (κ1) is 13.2. The molecule has 3 rings (SSSR count). The Morgan fingerprint density at radius 2 is 2.14 bits per heavy atom. The van der Waals surface area contributed by atoms with Gasteiger partial charge in [-0.2, -0.15) is 0 Å². The van der Waals surface area contributed by atoms with Crippen molar-refractivity contribution in [1.29, 1.82) is 0 Å². The molecule has 6 nitrogen and oxygen atoms in total. The van der Waals surface area contributed by atoms with Gasteiger partial charge in [0.05, 0.1) is 24.0 Å². The molecule has 0 bridgehead atoms. The quantitative estimate of drug-likeness (QED) is 0.689. The maximum atomic E-state index is 11.7. The van der Waals surface area contributed by atoms with Gasteiger partial charge in [0.2, 0.25) is 0 Å². The van der Waals surface area contributed by atoms with E-state index in [0.717, 1.165) is 22.3 Å². The number of carbonyl (C=O) groups is 1. The van der Waals surface area contributed by atoms with Crippen molar-refractivity contribution in [3.8, 4) is 5.69 Å². The van der Waals surface area contributed by atoms with Gasteiger partial charge in [0, 0.05) is 11.1 Å². The maximum Gasteiger partial charge on any atom is 0.360 e. The van der Waals surface area contributed by atoms with Gasteiger partial charge in [0.15, 0.2) is 5.69 Å². The van der Waals surface area contributed by atoms with E-state index in [1.165, 1.54) is 0 Å². The van der Waals surface area contributed by atoms with Crippen LogP contribution in [0.3, 0.4) is 0 Å². The minimum atomic E-state index is -0.473. The van der Waals surface area contributed by atoms with Crippen LogP contribution in [0.25, 0.3) is 16.6 Å². The molecule has 0 aliphatic heterocycles. The second-order valence-electron chi connectivity index (χ2n) is 4.57. The Kier molecular flexibility index (Phi) is 3.35. The van der Waals surface area contributed by atoms with E-state index in [1.54, 1.807) is 17.8 Å². The number of carbonyl (C=O) groups excluding carboxylic acids is 1. The summed E-state index contributed by atoms with van der Waals surface area (Å²) in [7, 11) is 0. The molecule has 0 spiro atoms. The van der Waals surface area contributed by atoms with E-state index in [9.17, 15) is 4.79 Å². The number of nitrogens with zero attached hydrogens (tertiary/aromatic N) is 4. The predicted molar refractivity (Wildman–Crippen MR) is 77.4 cm³/mol. The van der Waals surface area contributed by atoms with Crippen molar-refractivity contribution in [1.82, 2.24) is 20.0 Å². The van der Waals surface area contributed by atoms with E-state index in [2.05, 4.69) is 15.3 Å². The van der Waals surface area contributed by atoms with Gasteiger partial charge in [0.25, 0.3) is 0 Å². The molecule has 2 aromatic heterocycles. The topological polar surface area (TPSA) is 69.9 Å². The van der Waals surface area contributed by atoms with Crippen LogP contribution >= 0.6 is 0 Å². The van der Waals surface area contributed by atoms with E-state index < -0.39 is 5.97 Å². The normalized spacial score (nSPS) is 10.8. The molecule has 0 atom stereocenters. The number of esters is 1. The summed E-state index contributed by atoms with van der Waals surface area (Å²) in [5, 5.41) is 8.83. The Morgan fingerprint density at radius 1 is 1.33 bits per heavy atom. The number of aryl methyl sites for hydroxylation is 1. The molecule has 106 valence electrons. The van der Waals surface area contributed by atoms with Gasteiger partial charge in [-0.25, -0.2) is 9.48 Å². The molecule has 0 aliphatic carbocycles. The smallest absolute Gasteiger partial charge is 0.360 e. The molecule has 21 heavy (non-hydrogen) atoms. The number of benzene rings is 1. The van der Waals surface area contributed by atoms with Crippen LogP contribution in [0.15, 0.2) is 36.5 Å². The molecule has 0 amide bonds. The zero-order chi connectivity index (χ0) is 14.8. The van der Waals surface area contributed by atoms with Gasteiger partial charge in [-0.3, -0.25) is 4.98 Å². The summed E-state index contributed by atoms with van der Waals surface area (Å²) in [6.07, 6.45) is 1.57. The Bertz CT molecular complexity index is 810. The number of para-hydroxylation sites is 1. The van der Waals surface area contributed by atoms with Crippen LogP contribution in [0.5, 0.6) is 0 Å². The van der Waals surface area contributed by atoms with Crippen LogP contribution in [0.4, 0.5) is 0 Å². The summed E-state index contributed by atoms with van der Waals surface area (Å²) in [6, 6.07) is 9.68. The molecule has 0 N–H and O–H groups in total. The fraction of sp³-hybridized carbons (Fsp3) is 0.200. The number of fused-ring (bicyclic) bond motifs is 1. The van der Waals surface area contributed by atoms with E-state index in [-0.39, 0.29) is 5.69 Å². The minimum Gasteiger partial charge on any atom is -0.461 e. The standard InChI is InChI=1S/C15H14N4O2/c1-3-21-15(20)13-9-19(18-17-13)14-8-10(2)16-12-7-5-4-6-11(12)14/h4-9H,3H2,1-2H3. The third kappa shape index (κ3) is 2.47. The Labute approximate surface area is 121 Å². The van der Waals surface area contributed by atoms with Gasteiger partial charge >= 0.3 is 5.97 Å². The van der Waals surface area contributed by atoms with Gasteiger partial charge in [-0.05, 0) is 26.0 Å². The van der Waals surface area contributed by atoms with Crippen molar-refractivity contribution >= 4 is 16.9 Å². The number of rotatable bonds is 3. The average molecular weight is 282 g/mol. The predicted octanol–water partition coefficient (Wildman–Crippen LogP) is 2.30. The van der Waals surface area contributed by atoms with Gasteiger partial charge in [0.1, 0.15) is 0 Å². The van der Waals surface area contributed by atoms with Crippen molar-refractivity contribution < 1.29 is 9.53 Å². The molecule has 0 aliphatic rings. The lowest BCUT2D eigenvalue weighted by atomic mass is 10.1. The van der Waals surface area contributed by atoms with E-state index >= 15 is 0 Å². The molecule has 0 unspecified atom stereocenters. The van der Waals surface area contributed by atoms with E-state index in [4.69, 9.17) is 4.74 Å². The molecule has 3 aromatic rings. The third-order valence-corrected chi connectivity index (χ3v) is 3.05. The first-order valence-electron chi connectivity index (χ1n) is 6.65. The lowest BCUT2D eigenvalue weighted by Gasteiger charge is -2.06. The first-order valence-corrected chi connectivity index (χ1v) is 6.65. The number of hydrogen-bond acceptors (Lipinski definition) is 5. The number of ether oxygens (including phenoxy) is 1. The highest BCUT2D eigenvalue weighted by atomic mass is 16.5. The fourth-order valence-corrected chi connectivity index (χ4v) is 2.16. The van der Waals surface area contributed by atoms with Crippen molar-refractivity contribution in [3.05, 3.63) is 47.9 Å². The molecule has 0 saturated heterocycles. The number of pyridine rings is 1. The monoisotopic (exact) mass is 282 g/mol. The van der Waals surface area contributed by atoms with Crippen LogP contribution in [-0.2, 0) is 4.74 Å². The van der Waals surface area contributed by atoms with Crippen molar-refractivity contribution in [3.63, 3.8) is 0 Å². The average Bonchev–Trinajstić information content (AvgIpc) is 2.96.